The molecule has 3 heterocycles. The first-order valence-corrected chi connectivity index (χ1v) is 8.98. The van der Waals surface area contributed by atoms with Gasteiger partial charge in [-0.15, -0.1) is 11.3 Å². The first-order chi connectivity index (χ1) is 11.1. The smallest absolute Gasteiger partial charge is 0.411 e. The number of likely N-dealkylation sites (tertiary alicyclic amines) is 1. The molecule has 130 valence electrons. The quantitative estimate of drug-likeness (QED) is 0.718. The highest BCUT2D eigenvalue weighted by atomic mass is 32.1. The maximum Gasteiger partial charge on any atom is 0.411 e. The van der Waals surface area contributed by atoms with Crippen molar-refractivity contribution in [3.8, 4) is 0 Å². The molecule has 3 unspecified atom stereocenters. The van der Waals surface area contributed by atoms with E-state index in [0.29, 0.717) is 24.6 Å². The average molecular weight is 350 g/mol. The van der Waals surface area contributed by atoms with E-state index in [0.717, 1.165) is 10.6 Å². The first kappa shape index (κ1) is 15.7. The number of rotatable bonds is 0. The number of carbonyl (C=O) groups is 2. The Morgan fingerprint density at radius 3 is 2.71 bits per heavy atom. The predicted octanol–water partition coefficient (Wildman–Crippen LogP) is 1.59. The van der Waals surface area contributed by atoms with Crippen LogP contribution in [0.3, 0.4) is 0 Å². The fourth-order valence-electron chi connectivity index (χ4n) is 4.26. The summed E-state index contributed by atoms with van der Waals surface area (Å²) in [6.07, 6.45) is 0.405. The number of nitrogens with zero attached hydrogens (tertiary/aromatic N) is 3. The van der Waals surface area contributed by atoms with Gasteiger partial charge >= 0.3 is 6.09 Å². The van der Waals surface area contributed by atoms with Crippen LogP contribution in [-0.4, -0.2) is 57.1 Å². The summed E-state index contributed by atoms with van der Waals surface area (Å²) in [5.74, 6) is 0.114. The maximum atomic E-state index is 12.7. The molecule has 1 spiro atoms. The Hall–Kier alpha value is -1.83. The number of thiazole rings is 1. The van der Waals surface area contributed by atoms with Gasteiger partial charge in [0.2, 0.25) is 5.91 Å². The highest BCUT2D eigenvalue weighted by Gasteiger charge is 2.75. The lowest BCUT2D eigenvalue weighted by Crippen LogP contribution is -2.45. The molecule has 1 aromatic rings. The van der Waals surface area contributed by atoms with Crippen LogP contribution in [0.4, 0.5) is 9.93 Å². The summed E-state index contributed by atoms with van der Waals surface area (Å²) in [7, 11) is 0. The first-order valence-electron chi connectivity index (χ1n) is 8.16. The topological polar surface area (TPSA) is 88.5 Å². The van der Waals surface area contributed by atoms with Crippen LogP contribution in [0.5, 0.6) is 0 Å². The standard InChI is InChI=1S/C16H22N4O3S/c1-8(21)19-6-9-12-10(18-13(17)24-12)5-16(9)11(7-19)20(16)14(22)23-15(2,3)4/h9,11H,5-7H2,1-4H3,(H2,17,18). The lowest BCUT2D eigenvalue weighted by Gasteiger charge is -2.32. The van der Waals surface area contributed by atoms with Crippen LogP contribution < -0.4 is 5.73 Å². The zero-order valence-electron chi connectivity index (χ0n) is 14.3. The minimum absolute atomic E-state index is 0.00220. The molecule has 7 nitrogen and oxygen atoms in total. The number of hydrogen-bond donors (Lipinski definition) is 1. The van der Waals surface area contributed by atoms with Crippen molar-refractivity contribution in [2.45, 2.75) is 57.2 Å². The molecule has 8 heteroatoms. The SMILES string of the molecule is CC(=O)N1CC2c3sc(N)nc3CC23C(C1)N3C(=O)OC(C)(C)C. The number of ether oxygens (including phenoxy) is 1. The highest BCUT2D eigenvalue weighted by molar-refractivity contribution is 7.15. The minimum Gasteiger partial charge on any atom is -0.444 e. The summed E-state index contributed by atoms with van der Waals surface area (Å²) in [4.78, 5) is 33.8. The Kier molecular flexibility index (Phi) is 3.02. The van der Waals surface area contributed by atoms with Crippen LogP contribution in [0.2, 0.25) is 0 Å². The van der Waals surface area contributed by atoms with Crippen molar-refractivity contribution in [2.75, 3.05) is 18.8 Å². The van der Waals surface area contributed by atoms with Crippen molar-refractivity contribution in [1.29, 1.82) is 0 Å². The van der Waals surface area contributed by atoms with Gasteiger partial charge in [0, 0.05) is 37.2 Å². The molecule has 0 radical (unpaired) electrons. The van der Waals surface area contributed by atoms with Crippen molar-refractivity contribution in [3.05, 3.63) is 10.6 Å². The fourth-order valence-corrected chi connectivity index (χ4v) is 5.30. The molecular formula is C16H22N4O3S. The maximum absolute atomic E-state index is 12.7. The van der Waals surface area contributed by atoms with Crippen LogP contribution in [0.1, 0.15) is 44.2 Å². The van der Waals surface area contributed by atoms with Gasteiger partial charge < -0.3 is 15.4 Å². The number of amides is 2. The van der Waals surface area contributed by atoms with E-state index in [1.54, 1.807) is 6.92 Å². The number of nitrogens with two attached hydrogens (primary N) is 1. The fraction of sp³-hybridized carbons (Fsp3) is 0.688. The molecule has 2 fully saturated rings. The van der Waals surface area contributed by atoms with E-state index in [1.165, 1.54) is 11.3 Å². The minimum atomic E-state index is -0.540. The summed E-state index contributed by atoms with van der Waals surface area (Å²) in [5, 5.41) is 0.552. The van der Waals surface area contributed by atoms with Gasteiger partial charge in [0.05, 0.1) is 17.3 Å². The van der Waals surface area contributed by atoms with Gasteiger partial charge in [-0.3, -0.25) is 9.69 Å². The number of nitrogen functional groups attached to an aromatic ring is 1. The summed E-state index contributed by atoms with van der Waals surface area (Å²) < 4.78 is 5.59. The Morgan fingerprint density at radius 1 is 1.38 bits per heavy atom. The van der Waals surface area contributed by atoms with Crippen molar-refractivity contribution >= 4 is 28.5 Å². The van der Waals surface area contributed by atoms with E-state index in [4.69, 9.17) is 10.5 Å². The summed E-state index contributed by atoms with van der Waals surface area (Å²) in [5.41, 5.74) is 6.02. The Morgan fingerprint density at radius 2 is 2.08 bits per heavy atom. The second kappa shape index (κ2) is 4.62. The number of hydrogen-bond acceptors (Lipinski definition) is 6. The summed E-state index contributed by atoms with van der Waals surface area (Å²) in [6, 6.07) is -0.00220. The van der Waals surface area contributed by atoms with E-state index >= 15 is 0 Å². The molecule has 2 amide bonds. The molecule has 2 N–H and O–H groups in total. The third kappa shape index (κ3) is 2.05. The lowest BCUT2D eigenvalue weighted by atomic mass is 9.87. The Bertz CT molecular complexity index is 740. The second-order valence-electron chi connectivity index (χ2n) is 7.87. The van der Waals surface area contributed by atoms with Crippen molar-refractivity contribution in [2.24, 2.45) is 0 Å². The molecule has 1 aliphatic carbocycles. The number of carbonyl (C=O) groups excluding carboxylic acids is 2. The van der Waals surface area contributed by atoms with Gasteiger partial charge in [-0.1, -0.05) is 0 Å². The van der Waals surface area contributed by atoms with Gasteiger partial charge in [-0.05, 0) is 20.8 Å². The third-order valence-electron chi connectivity index (χ3n) is 5.22. The number of aromatic nitrogens is 1. The molecule has 2 aliphatic heterocycles. The van der Waals surface area contributed by atoms with Gasteiger partial charge in [-0.25, -0.2) is 9.78 Å². The largest absolute Gasteiger partial charge is 0.444 e. The third-order valence-corrected chi connectivity index (χ3v) is 6.26. The van der Waals surface area contributed by atoms with E-state index in [-0.39, 0.29) is 29.5 Å². The van der Waals surface area contributed by atoms with Gasteiger partial charge in [0.1, 0.15) is 5.60 Å². The summed E-state index contributed by atoms with van der Waals surface area (Å²) >= 11 is 1.48. The molecule has 4 rings (SSSR count). The Balaban J connectivity index is 1.68. The molecule has 24 heavy (non-hydrogen) atoms. The molecular weight excluding hydrogens is 328 g/mol. The van der Waals surface area contributed by atoms with E-state index in [1.807, 2.05) is 30.6 Å². The molecule has 3 atom stereocenters. The van der Waals surface area contributed by atoms with Gasteiger partial charge in [0.25, 0.3) is 0 Å². The van der Waals surface area contributed by atoms with Crippen molar-refractivity contribution in [1.82, 2.24) is 14.8 Å². The molecule has 2 saturated heterocycles. The second-order valence-corrected chi connectivity index (χ2v) is 8.94. The van der Waals surface area contributed by atoms with Gasteiger partial charge in [-0.2, -0.15) is 0 Å². The zero-order valence-corrected chi connectivity index (χ0v) is 15.1. The number of fused-ring (bicyclic) bond motifs is 2. The zero-order chi connectivity index (χ0) is 17.4. The monoisotopic (exact) mass is 350 g/mol. The molecule has 3 aliphatic rings. The van der Waals surface area contributed by atoms with E-state index in [2.05, 4.69) is 4.98 Å². The Labute approximate surface area is 144 Å². The van der Waals surface area contributed by atoms with Crippen molar-refractivity contribution in [3.63, 3.8) is 0 Å². The van der Waals surface area contributed by atoms with Crippen LogP contribution in [-0.2, 0) is 16.0 Å². The molecule has 0 saturated carbocycles. The molecule has 0 bridgehead atoms. The van der Waals surface area contributed by atoms with Crippen LogP contribution in [0.25, 0.3) is 0 Å². The van der Waals surface area contributed by atoms with E-state index in [9.17, 15) is 9.59 Å². The highest BCUT2D eigenvalue weighted by Crippen LogP contribution is 2.62. The van der Waals surface area contributed by atoms with Gasteiger partial charge in [0.15, 0.2) is 5.13 Å². The van der Waals surface area contributed by atoms with Crippen LogP contribution in [0.15, 0.2) is 0 Å². The summed E-state index contributed by atoms with van der Waals surface area (Å²) in [6.45, 7) is 8.34. The lowest BCUT2D eigenvalue weighted by molar-refractivity contribution is -0.129. The van der Waals surface area contributed by atoms with Crippen LogP contribution >= 0.6 is 11.3 Å². The van der Waals surface area contributed by atoms with E-state index < -0.39 is 5.60 Å². The predicted molar refractivity (Wildman–Crippen MR) is 89.8 cm³/mol. The average Bonchev–Trinajstić information content (AvgIpc) is 2.80. The number of anilines is 1. The van der Waals surface area contributed by atoms with Crippen LogP contribution in [0, 0.1) is 0 Å². The van der Waals surface area contributed by atoms with Crippen molar-refractivity contribution < 1.29 is 14.3 Å². The number of piperidine rings is 1. The normalized spacial score (nSPS) is 30.5. The molecule has 0 aromatic carbocycles. The molecule has 1 aromatic heterocycles.